The molecule has 0 spiro atoms. The lowest BCUT2D eigenvalue weighted by molar-refractivity contribution is 0.140. The zero-order valence-electron chi connectivity index (χ0n) is 18.4. The van der Waals surface area contributed by atoms with Gasteiger partial charge in [-0.25, -0.2) is 4.98 Å². The topological polar surface area (TPSA) is 79.8 Å². The molecule has 0 amide bonds. The Labute approximate surface area is 210 Å². The molecule has 4 rings (SSSR count). The summed E-state index contributed by atoms with van der Waals surface area (Å²) in [5.41, 5.74) is 3.31. The summed E-state index contributed by atoms with van der Waals surface area (Å²) >= 11 is 1.67. The van der Waals surface area contributed by atoms with E-state index in [4.69, 9.17) is 9.47 Å². The minimum absolute atomic E-state index is 0. The van der Waals surface area contributed by atoms with Gasteiger partial charge in [-0.15, -0.1) is 24.0 Å². The highest BCUT2D eigenvalue weighted by Crippen LogP contribution is 2.25. The van der Waals surface area contributed by atoms with E-state index in [-0.39, 0.29) is 30.1 Å². The van der Waals surface area contributed by atoms with Gasteiger partial charge in [0.2, 0.25) is 0 Å². The zero-order chi connectivity index (χ0) is 21.5. The van der Waals surface area contributed by atoms with Gasteiger partial charge in [0.15, 0.2) is 11.1 Å². The minimum Gasteiger partial charge on any atom is -0.488 e. The molecule has 3 aromatic rings. The van der Waals surface area contributed by atoms with E-state index in [0.29, 0.717) is 13.2 Å². The van der Waals surface area contributed by atoms with Gasteiger partial charge in [-0.3, -0.25) is 4.99 Å². The predicted molar refractivity (Wildman–Crippen MR) is 143 cm³/mol. The van der Waals surface area contributed by atoms with Gasteiger partial charge < -0.3 is 25.4 Å². The first-order valence-corrected chi connectivity index (χ1v) is 11.4. The van der Waals surface area contributed by atoms with Crippen molar-refractivity contribution in [2.24, 2.45) is 4.99 Å². The Bertz CT molecular complexity index is 1000. The molecule has 9 heteroatoms. The molecule has 1 atom stereocenters. The maximum Gasteiger partial charge on any atom is 0.191 e. The van der Waals surface area contributed by atoms with Crippen LogP contribution < -0.4 is 20.7 Å². The Morgan fingerprint density at radius 2 is 2.09 bits per heavy atom. The molecule has 1 unspecified atom stereocenters. The van der Waals surface area contributed by atoms with E-state index in [2.05, 4.69) is 57.1 Å². The standard InChI is InChI=1S/C23H29N5O2S.HI/c1-16-7-8-17(20(13-16)30-18-9-12-29-15-18)14-27-22(24-2)25-10-11-26-23-28-19-5-3-4-6-21(19)31-23;/h3-8,13,18H,9-12,14-15H2,1-2H3,(H,26,28)(H2,24,25,27);1H. The summed E-state index contributed by atoms with van der Waals surface area (Å²) in [5.74, 6) is 1.66. The second kappa shape index (κ2) is 12.2. The molecule has 0 saturated carbocycles. The number of aryl methyl sites for hydroxylation is 1. The molecule has 2 aromatic carbocycles. The maximum atomic E-state index is 6.18. The Kier molecular flexibility index (Phi) is 9.36. The van der Waals surface area contributed by atoms with E-state index in [0.717, 1.165) is 54.0 Å². The van der Waals surface area contributed by atoms with Gasteiger partial charge >= 0.3 is 0 Å². The van der Waals surface area contributed by atoms with Crippen LogP contribution in [0.4, 0.5) is 5.13 Å². The fraction of sp³-hybridized carbons (Fsp3) is 0.391. The van der Waals surface area contributed by atoms with Crippen LogP contribution >= 0.6 is 35.3 Å². The van der Waals surface area contributed by atoms with E-state index >= 15 is 0 Å². The predicted octanol–water partition coefficient (Wildman–Crippen LogP) is 4.17. The van der Waals surface area contributed by atoms with Gasteiger partial charge in [0.1, 0.15) is 11.9 Å². The molecule has 172 valence electrons. The normalized spacial score (nSPS) is 15.9. The largest absolute Gasteiger partial charge is 0.488 e. The molecular formula is C23H30IN5O2S. The van der Waals surface area contributed by atoms with Gasteiger partial charge in [-0.2, -0.15) is 0 Å². The van der Waals surface area contributed by atoms with Crippen LogP contribution in [0.15, 0.2) is 47.5 Å². The monoisotopic (exact) mass is 567 g/mol. The summed E-state index contributed by atoms with van der Waals surface area (Å²) in [5, 5.41) is 11.0. The van der Waals surface area contributed by atoms with Crippen LogP contribution in [0.25, 0.3) is 10.2 Å². The summed E-state index contributed by atoms with van der Waals surface area (Å²) in [6.45, 7) is 5.62. The van der Waals surface area contributed by atoms with Gasteiger partial charge in [0, 0.05) is 38.7 Å². The molecule has 0 bridgehead atoms. The first-order chi connectivity index (χ1) is 15.2. The molecule has 0 radical (unpaired) electrons. The highest BCUT2D eigenvalue weighted by atomic mass is 127. The molecule has 2 heterocycles. The van der Waals surface area contributed by atoms with Crippen molar-refractivity contribution in [2.75, 3.05) is 38.7 Å². The van der Waals surface area contributed by atoms with Crippen molar-refractivity contribution in [3.63, 3.8) is 0 Å². The van der Waals surface area contributed by atoms with Crippen molar-refractivity contribution in [2.45, 2.75) is 26.0 Å². The third-order valence-corrected chi connectivity index (χ3v) is 6.06. The third kappa shape index (κ3) is 6.69. The number of hydrogen-bond donors (Lipinski definition) is 3. The summed E-state index contributed by atoms with van der Waals surface area (Å²) in [6, 6.07) is 14.5. The lowest BCUT2D eigenvalue weighted by atomic mass is 10.1. The Hall–Kier alpha value is -2.11. The zero-order valence-corrected chi connectivity index (χ0v) is 21.5. The van der Waals surface area contributed by atoms with Crippen LogP contribution in [-0.2, 0) is 11.3 Å². The van der Waals surface area contributed by atoms with Gasteiger partial charge in [0.05, 0.1) is 23.4 Å². The van der Waals surface area contributed by atoms with Crippen LogP contribution in [0.3, 0.4) is 0 Å². The first kappa shape index (κ1) is 24.5. The van der Waals surface area contributed by atoms with Gasteiger partial charge in [-0.1, -0.05) is 35.6 Å². The number of hydrogen-bond acceptors (Lipinski definition) is 6. The Morgan fingerprint density at radius 1 is 1.22 bits per heavy atom. The molecule has 3 N–H and O–H groups in total. The molecule has 1 aromatic heterocycles. The lowest BCUT2D eigenvalue weighted by Gasteiger charge is -2.18. The fourth-order valence-corrected chi connectivity index (χ4v) is 4.29. The fourth-order valence-electron chi connectivity index (χ4n) is 3.40. The van der Waals surface area contributed by atoms with Crippen LogP contribution in [0, 0.1) is 6.92 Å². The van der Waals surface area contributed by atoms with Crippen molar-refractivity contribution in [3.8, 4) is 5.75 Å². The number of aliphatic imine (C=N–C) groups is 1. The summed E-state index contributed by atoms with van der Waals surface area (Å²) < 4.78 is 12.8. The second-order valence-electron chi connectivity index (χ2n) is 7.48. The molecule has 0 aliphatic carbocycles. The summed E-state index contributed by atoms with van der Waals surface area (Å²) in [6.07, 6.45) is 1.07. The molecular weight excluding hydrogens is 537 g/mol. The minimum atomic E-state index is 0. The maximum absolute atomic E-state index is 6.18. The van der Waals surface area contributed by atoms with Crippen molar-refractivity contribution in [1.29, 1.82) is 0 Å². The quantitative estimate of drug-likeness (QED) is 0.164. The first-order valence-electron chi connectivity index (χ1n) is 10.6. The van der Waals surface area contributed by atoms with E-state index in [9.17, 15) is 0 Å². The highest BCUT2D eigenvalue weighted by Gasteiger charge is 2.18. The molecule has 1 fully saturated rings. The number of aromatic nitrogens is 1. The SMILES string of the molecule is CN=C(NCCNc1nc2ccccc2s1)NCc1ccc(C)cc1OC1CCOC1.I. The number of guanidine groups is 1. The van der Waals surface area contributed by atoms with Crippen molar-refractivity contribution < 1.29 is 9.47 Å². The molecule has 1 aliphatic rings. The number of nitrogens with one attached hydrogen (secondary N) is 3. The number of rotatable bonds is 8. The van der Waals surface area contributed by atoms with E-state index in [1.54, 1.807) is 18.4 Å². The molecule has 7 nitrogen and oxygen atoms in total. The Morgan fingerprint density at radius 3 is 2.88 bits per heavy atom. The van der Waals surface area contributed by atoms with Crippen LogP contribution in [0.5, 0.6) is 5.75 Å². The average molecular weight is 567 g/mol. The smallest absolute Gasteiger partial charge is 0.191 e. The van der Waals surface area contributed by atoms with Crippen LogP contribution in [0.2, 0.25) is 0 Å². The molecule has 1 aliphatic heterocycles. The lowest BCUT2D eigenvalue weighted by Crippen LogP contribution is -2.39. The highest BCUT2D eigenvalue weighted by molar-refractivity contribution is 14.0. The third-order valence-electron chi connectivity index (χ3n) is 5.06. The van der Waals surface area contributed by atoms with Gasteiger partial charge in [0.25, 0.3) is 0 Å². The van der Waals surface area contributed by atoms with Crippen molar-refractivity contribution in [3.05, 3.63) is 53.6 Å². The average Bonchev–Trinajstić information content (AvgIpc) is 3.43. The number of nitrogens with zero attached hydrogens (tertiary/aromatic N) is 2. The second-order valence-corrected chi connectivity index (χ2v) is 8.51. The number of para-hydroxylation sites is 1. The molecule has 32 heavy (non-hydrogen) atoms. The van der Waals surface area contributed by atoms with Crippen molar-refractivity contribution >= 4 is 56.6 Å². The van der Waals surface area contributed by atoms with Crippen LogP contribution in [0.1, 0.15) is 17.5 Å². The number of ether oxygens (including phenoxy) is 2. The van der Waals surface area contributed by atoms with E-state index in [1.165, 1.54) is 10.3 Å². The number of anilines is 1. The van der Waals surface area contributed by atoms with E-state index in [1.807, 2.05) is 18.2 Å². The number of fused-ring (bicyclic) bond motifs is 1. The summed E-state index contributed by atoms with van der Waals surface area (Å²) in [7, 11) is 1.78. The Balaban J connectivity index is 0.00000289. The number of halogens is 1. The van der Waals surface area contributed by atoms with E-state index < -0.39 is 0 Å². The number of thiazole rings is 1. The summed E-state index contributed by atoms with van der Waals surface area (Å²) in [4.78, 5) is 8.92. The molecule has 1 saturated heterocycles. The van der Waals surface area contributed by atoms with Crippen LogP contribution in [-0.4, -0.2) is 50.4 Å². The van der Waals surface area contributed by atoms with Gasteiger partial charge in [-0.05, 0) is 30.7 Å². The van der Waals surface area contributed by atoms with Crippen molar-refractivity contribution in [1.82, 2.24) is 15.6 Å². The number of benzene rings is 2.